The third kappa shape index (κ3) is 3.77. The Bertz CT molecular complexity index is 556. The number of hydrogen-bond donors (Lipinski definition) is 1. The Morgan fingerprint density at radius 1 is 1.60 bits per heavy atom. The number of hydrogen-bond acceptors (Lipinski definition) is 5. The van der Waals surface area contributed by atoms with Gasteiger partial charge in [0.05, 0.1) is 35.6 Å². The van der Waals surface area contributed by atoms with E-state index >= 15 is 0 Å². The van der Waals surface area contributed by atoms with Gasteiger partial charge >= 0.3 is 0 Å². The van der Waals surface area contributed by atoms with Crippen LogP contribution in [-0.4, -0.2) is 40.1 Å². The van der Waals surface area contributed by atoms with Crippen LogP contribution in [0.4, 0.5) is 5.69 Å². The summed E-state index contributed by atoms with van der Waals surface area (Å²) in [6, 6.07) is 1.61. The fourth-order valence-corrected chi connectivity index (χ4v) is 2.31. The zero-order valence-electron chi connectivity index (χ0n) is 11.8. The summed E-state index contributed by atoms with van der Waals surface area (Å²) in [4.78, 5) is 14.5. The van der Waals surface area contributed by atoms with Gasteiger partial charge < -0.3 is 15.4 Å². The van der Waals surface area contributed by atoms with Crippen molar-refractivity contribution in [3.8, 4) is 0 Å². The summed E-state index contributed by atoms with van der Waals surface area (Å²) in [5.41, 5.74) is 5.92. The molecule has 2 heterocycles. The Labute approximate surface area is 123 Å². The van der Waals surface area contributed by atoms with Gasteiger partial charge in [-0.05, 0) is 13.8 Å². The summed E-state index contributed by atoms with van der Waals surface area (Å²) < 4.78 is 7.05. The molecular weight excluding hydrogens is 276 g/mol. The molecule has 110 valence electrons. The highest BCUT2D eigenvalue weighted by atomic mass is 32.1. The second-order valence-corrected chi connectivity index (χ2v) is 6.05. The number of nitrogens with two attached hydrogens (primary N) is 1. The van der Waals surface area contributed by atoms with E-state index in [1.165, 1.54) is 4.68 Å². The Balaban J connectivity index is 2.12. The van der Waals surface area contributed by atoms with Gasteiger partial charge in [0.25, 0.3) is 5.56 Å². The van der Waals surface area contributed by atoms with Gasteiger partial charge in [-0.3, -0.25) is 4.79 Å². The summed E-state index contributed by atoms with van der Waals surface area (Å²) in [5, 5.41) is 4.18. The molecule has 1 aliphatic heterocycles. The van der Waals surface area contributed by atoms with Crippen molar-refractivity contribution in [2.24, 2.45) is 5.73 Å². The van der Waals surface area contributed by atoms with Crippen molar-refractivity contribution in [2.75, 3.05) is 24.6 Å². The Morgan fingerprint density at radius 3 is 2.95 bits per heavy atom. The summed E-state index contributed by atoms with van der Waals surface area (Å²) in [5.74, 6) is 0. The molecule has 1 fully saturated rings. The Hall–Kier alpha value is -1.47. The highest BCUT2D eigenvalue weighted by Crippen LogP contribution is 2.21. The molecule has 1 saturated heterocycles. The van der Waals surface area contributed by atoms with Crippen molar-refractivity contribution < 1.29 is 4.74 Å². The van der Waals surface area contributed by atoms with Crippen LogP contribution in [0.1, 0.15) is 20.3 Å². The smallest absolute Gasteiger partial charge is 0.268 e. The summed E-state index contributed by atoms with van der Waals surface area (Å²) in [7, 11) is 0. The van der Waals surface area contributed by atoms with Gasteiger partial charge in [-0.2, -0.15) is 5.10 Å². The van der Waals surface area contributed by atoms with Crippen LogP contribution < -0.4 is 16.2 Å². The average molecular weight is 296 g/mol. The molecular formula is C13H20N4O2S. The van der Waals surface area contributed by atoms with Crippen LogP contribution in [0.3, 0.4) is 0 Å². The van der Waals surface area contributed by atoms with E-state index in [0.717, 1.165) is 18.8 Å². The molecule has 0 aliphatic carbocycles. The Morgan fingerprint density at radius 2 is 2.35 bits per heavy atom. The predicted molar refractivity (Wildman–Crippen MR) is 82.1 cm³/mol. The van der Waals surface area contributed by atoms with Crippen molar-refractivity contribution in [2.45, 2.75) is 32.4 Å². The molecule has 0 radical (unpaired) electrons. The number of anilines is 1. The van der Waals surface area contributed by atoms with Gasteiger partial charge in [-0.15, -0.1) is 0 Å². The SMILES string of the molecule is CC1(C)CN(c2cnn(CCC(N)=S)c(=O)c2)CCO1. The zero-order valence-corrected chi connectivity index (χ0v) is 12.7. The molecule has 0 aromatic carbocycles. The maximum atomic E-state index is 12.0. The molecule has 1 aromatic rings. The van der Waals surface area contributed by atoms with Gasteiger partial charge in [0.1, 0.15) is 0 Å². The summed E-state index contributed by atoms with van der Waals surface area (Å²) >= 11 is 4.80. The molecule has 20 heavy (non-hydrogen) atoms. The first-order valence-corrected chi connectivity index (χ1v) is 7.03. The van der Waals surface area contributed by atoms with Crippen molar-refractivity contribution in [3.63, 3.8) is 0 Å². The van der Waals surface area contributed by atoms with Gasteiger partial charge in [0.2, 0.25) is 0 Å². The van der Waals surface area contributed by atoms with E-state index in [4.69, 9.17) is 22.7 Å². The maximum absolute atomic E-state index is 12.0. The fraction of sp³-hybridized carbons (Fsp3) is 0.615. The van der Waals surface area contributed by atoms with E-state index in [-0.39, 0.29) is 11.2 Å². The lowest BCUT2D eigenvalue weighted by molar-refractivity contribution is -0.0277. The number of rotatable bonds is 4. The first-order valence-electron chi connectivity index (χ1n) is 6.62. The molecule has 1 aromatic heterocycles. The third-order valence-electron chi connectivity index (χ3n) is 3.22. The average Bonchev–Trinajstić information content (AvgIpc) is 2.36. The molecule has 0 amide bonds. The van der Waals surface area contributed by atoms with Crippen LogP contribution in [0.15, 0.2) is 17.1 Å². The minimum atomic E-state index is -0.209. The highest BCUT2D eigenvalue weighted by molar-refractivity contribution is 7.80. The lowest BCUT2D eigenvalue weighted by atomic mass is 10.1. The van der Waals surface area contributed by atoms with E-state index in [1.54, 1.807) is 12.3 Å². The Kier molecular flexibility index (Phi) is 4.39. The first-order chi connectivity index (χ1) is 9.37. The van der Waals surface area contributed by atoms with Crippen LogP contribution in [0.5, 0.6) is 0 Å². The molecule has 0 saturated carbocycles. The van der Waals surface area contributed by atoms with E-state index in [0.29, 0.717) is 24.6 Å². The van der Waals surface area contributed by atoms with E-state index in [1.807, 2.05) is 13.8 Å². The largest absolute Gasteiger partial charge is 0.393 e. The first kappa shape index (κ1) is 14.9. The molecule has 0 unspecified atom stereocenters. The second kappa shape index (κ2) is 5.88. The molecule has 1 aliphatic rings. The summed E-state index contributed by atoms with van der Waals surface area (Å²) in [6.07, 6.45) is 2.19. The quantitative estimate of drug-likeness (QED) is 0.817. The van der Waals surface area contributed by atoms with Crippen LogP contribution in [0.2, 0.25) is 0 Å². The molecule has 0 spiro atoms. The lowest BCUT2D eigenvalue weighted by Gasteiger charge is -2.39. The minimum Gasteiger partial charge on any atom is -0.393 e. The summed E-state index contributed by atoms with van der Waals surface area (Å²) in [6.45, 7) is 6.65. The van der Waals surface area contributed by atoms with Crippen molar-refractivity contribution in [1.82, 2.24) is 9.78 Å². The molecule has 2 N–H and O–H groups in total. The van der Waals surface area contributed by atoms with Crippen LogP contribution in [0, 0.1) is 0 Å². The maximum Gasteiger partial charge on any atom is 0.268 e. The molecule has 0 bridgehead atoms. The van der Waals surface area contributed by atoms with Gasteiger partial charge in [0, 0.05) is 25.6 Å². The van der Waals surface area contributed by atoms with Crippen LogP contribution in [0.25, 0.3) is 0 Å². The number of morpholine rings is 1. The van der Waals surface area contributed by atoms with E-state index in [2.05, 4.69) is 10.00 Å². The standard InChI is InChI=1S/C13H20N4O2S/c1-13(2)9-16(5-6-19-13)10-7-12(18)17(15-8-10)4-3-11(14)20/h7-8H,3-6,9H2,1-2H3,(H2,14,20). The van der Waals surface area contributed by atoms with Gasteiger partial charge in [-0.1, -0.05) is 12.2 Å². The lowest BCUT2D eigenvalue weighted by Crippen LogP contribution is -2.48. The second-order valence-electron chi connectivity index (χ2n) is 5.52. The molecule has 6 nitrogen and oxygen atoms in total. The number of aromatic nitrogens is 2. The predicted octanol–water partition coefficient (Wildman–Crippen LogP) is 0.535. The number of thiocarbonyl (C=S) groups is 1. The zero-order chi connectivity index (χ0) is 14.8. The number of nitrogens with zero attached hydrogens (tertiary/aromatic N) is 3. The third-order valence-corrected chi connectivity index (χ3v) is 3.42. The van der Waals surface area contributed by atoms with Gasteiger partial charge in [0.15, 0.2) is 0 Å². The molecule has 0 atom stereocenters. The monoisotopic (exact) mass is 296 g/mol. The van der Waals surface area contributed by atoms with Crippen molar-refractivity contribution in [3.05, 3.63) is 22.6 Å². The van der Waals surface area contributed by atoms with E-state index < -0.39 is 0 Å². The number of ether oxygens (including phenoxy) is 1. The highest BCUT2D eigenvalue weighted by Gasteiger charge is 2.27. The molecule has 7 heteroatoms. The van der Waals surface area contributed by atoms with Crippen LogP contribution in [-0.2, 0) is 11.3 Å². The molecule has 2 rings (SSSR count). The number of aryl methyl sites for hydroxylation is 1. The fourth-order valence-electron chi connectivity index (χ4n) is 2.22. The van der Waals surface area contributed by atoms with Crippen molar-refractivity contribution in [1.29, 1.82) is 0 Å². The van der Waals surface area contributed by atoms with Crippen LogP contribution >= 0.6 is 12.2 Å². The normalized spacial score (nSPS) is 18.0. The van der Waals surface area contributed by atoms with E-state index in [9.17, 15) is 4.79 Å². The minimum absolute atomic E-state index is 0.136. The van der Waals surface area contributed by atoms with Crippen molar-refractivity contribution >= 4 is 22.9 Å². The topological polar surface area (TPSA) is 73.4 Å². The van der Waals surface area contributed by atoms with Gasteiger partial charge in [-0.25, -0.2) is 4.68 Å².